The van der Waals surface area contributed by atoms with Gasteiger partial charge in [-0.2, -0.15) is 0 Å². The standard InChI is InChI=1S/C10H13NO/c1-10(2)5-8(10)9(12)7-3-4-11-6-7/h3-4,6,8,11H,5H2,1-2H3. The second-order valence-electron chi connectivity index (χ2n) is 4.21. The smallest absolute Gasteiger partial charge is 0.168 e. The van der Waals surface area contributed by atoms with E-state index in [0.29, 0.717) is 5.78 Å². The van der Waals surface area contributed by atoms with Crippen LogP contribution in [-0.2, 0) is 0 Å². The minimum Gasteiger partial charge on any atom is -0.367 e. The summed E-state index contributed by atoms with van der Waals surface area (Å²) >= 11 is 0. The molecule has 0 spiro atoms. The molecule has 1 unspecified atom stereocenters. The zero-order valence-electron chi connectivity index (χ0n) is 7.42. The topological polar surface area (TPSA) is 32.9 Å². The average molecular weight is 163 g/mol. The van der Waals surface area contributed by atoms with Crippen LogP contribution in [-0.4, -0.2) is 10.8 Å². The third-order valence-corrected chi connectivity index (χ3v) is 2.71. The average Bonchev–Trinajstić information content (AvgIpc) is 2.56. The van der Waals surface area contributed by atoms with Gasteiger partial charge in [-0.25, -0.2) is 0 Å². The van der Waals surface area contributed by atoms with Crippen LogP contribution in [0.25, 0.3) is 0 Å². The lowest BCUT2D eigenvalue weighted by molar-refractivity contribution is 0.0953. The zero-order valence-corrected chi connectivity index (χ0v) is 7.42. The lowest BCUT2D eigenvalue weighted by Gasteiger charge is -1.99. The number of hydrogen-bond donors (Lipinski definition) is 1. The Morgan fingerprint density at radius 2 is 2.33 bits per heavy atom. The van der Waals surface area contributed by atoms with E-state index in [1.165, 1.54) is 0 Å². The van der Waals surface area contributed by atoms with Crippen molar-refractivity contribution in [1.29, 1.82) is 0 Å². The van der Waals surface area contributed by atoms with Crippen molar-refractivity contribution < 1.29 is 4.79 Å². The minimum atomic E-state index is 0.244. The van der Waals surface area contributed by atoms with Crippen LogP contribution in [0.2, 0.25) is 0 Å². The maximum atomic E-state index is 11.7. The molecule has 64 valence electrons. The van der Waals surface area contributed by atoms with E-state index in [-0.39, 0.29) is 11.3 Å². The summed E-state index contributed by atoms with van der Waals surface area (Å²) < 4.78 is 0. The van der Waals surface area contributed by atoms with Crippen molar-refractivity contribution in [3.8, 4) is 0 Å². The van der Waals surface area contributed by atoms with E-state index in [9.17, 15) is 4.79 Å². The second kappa shape index (κ2) is 2.22. The number of H-pyrrole nitrogens is 1. The third-order valence-electron chi connectivity index (χ3n) is 2.71. The van der Waals surface area contributed by atoms with Crippen molar-refractivity contribution in [3.05, 3.63) is 24.0 Å². The van der Waals surface area contributed by atoms with Gasteiger partial charge in [0.1, 0.15) is 0 Å². The van der Waals surface area contributed by atoms with Crippen molar-refractivity contribution in [2.45, 2.75) is 20.3 Å². The molecule has 0 aliphatic heterocycles. The predicted octanol–water partition coefficient (Wildman–Crippen LogP) is 2.24. The summed E-state index contributed by atoms with van der Waals surface area (Å²) in [5.41, 5.74) is 1.07. The first-order chi connectivity index (χ1) is 5.61. The highest BCUT2D eigenvalue weighted by Crippen LogP contribution is 2.52. The van der Waals surface area contributed by atoms with Crippen LogP contribution in [0.5, 0.6) is 0 Å². The molecule has 0 saturated heterocycles. The first kappa shape index (κ1) is 7.59. The van der Waals surface area contributed by atoms with E-state index in [1.807, 2.05) is 6.07 Å². The number of rotatable bonds is 2. The molecule has 2 nitrogen and oxygen atoms in total. The number of nitrogens with one attached hydrogen (secondary N) is 1. The normalized spacial score (nSPS) is 25.3. The minimum absolute atomic E-state index is 0.244. The molecule has 0 aromatic carbocycles. The Morgan fingerprint density at radius 3 is 2.75 bits per heavy atom. The first-order valence-electron chi connectivity index (χ1n) is 4.28. The molecular formula is C10H13NO. The first-order valence-corrected chi connectivity index (χ1v) is 4.28. The molecule has 0 radical (unpaired) electrons. The quantitative estimate of drug-likeness (QED) is 0.666. The molecule has 1 atom stereocenters. The van der Waals surface area contributed by atoms with E-state index in [4.69, 9.17) is 0 Å². The van der Waals surface area contributed by atoms with Gasteiger partial charge in [-0.1, -0.05) is 13.8 Å². The molecule has 1 N–H and O–H groups in total. The maximum absolute atomic E-state index is 11.7. The lowest BCUT2D eigenvalue weighted by Crippen LogP contribution is -2.04. The Balaban J connectivity index is 2.14. The third kappa shape index (κ3) is 1.07. The molecular weight excluding hydrogens is 150 g/mol. The van der Waals surface area contributed by atoms with Crippen LogP contribution in [0.1, 0.15) is 30.6 Å². The summed E-state index contributed by atoms with van der Waals surface area (Å²) in [5, 5.41) is 0. The van der Waals surface area contributed by atoms with Crippen molar-refractivity contribution in [1.82, 2.24) is 4.98 Å². The van der Waals surface area contributed by atoms with E-state index in [2.05, 4.69) is 18.8 Å². The van der Waals surface area contributed by atoms with Crippen molar-refractivity contribution >= 4 is 5.78 Å². The number of ketones is 1. The molecule has 1 aliphatic carbocycles. The molecule has 2 heteroatoms. The van der Waals surface area contributed by atoms with Crippen LogP contribution < -0.4 is 0 Å². The van der Waals surface area contributed by atoms with Crippen molar-refractivity contribution in [2.75, 3.05) is 0 Å². The van der Waals surface area contributed by atoms with E-state index in [1.54, 1.807) is 12.4 Å². The Kier molecular flexibility index (Phi) is 1.40. The van der Waals surface area contributed by atoms with Gasteiger partial charge in [-0.05, 0) is 17.9 Å². The van der Waals surface area contributed by atoms with Gasteiger partial charge >= 0.3 is 0 Å². The highest BCUT2D eigenvalue weighted by Gasteiger charge is 2.50. The van der Waals surface area contributed by atoms with Gasteiger partial charge in [-0.3, -0.25) is 4.79 Å². The summed E-state index contributed by atoms with van der Waals surface area (Å²) in [7, 11) is 0. The molecule has 1 heterocycles. The van der Waals surface area contributed by atoms with Crippen LogP contribution in [0.3, 0.4) is 0 Å². The number of carbonyl (C=O) groups excluding carboxylic acids is 1. The summed E-state index contributed by atoms with van der Waals surface area (Å²) in [4.78, 5) is 14.6. The highest BCUT2D eigenvalue weighted by molar-refractivity contribution is 5.99. The van der Waals surface area contributed by atoms with E-state index >= 15 is 0 Å². The van der Waals surface area contributed by atoms with Crippen molar-refractivity contribution in [2.24, 2.45) is 11.3 Å². The fourth-order valence-corrected chi connectivity index (χ4v) is 1.59. The van der Waals surface area contributed by atoms with Gasteiger partial charge in [0.05, 0.1) is 0 Å². The number of Topliss-reactive ketones (excluding diaryl/α,β-unsaturated/α-hetero) is 1. The summed E-state index contributed by atoms with van der Waals surface area (Å²) in [5.74, 6) is 0.551. The van der Waals surface area contributed by atoms with Gasteiger partial charge in [0.2, 0.25) is 0 Å². The van der Waals surface area contributed by atoms with Gasteiger partial charge in [-0.15, -0.1) is 0 Å². The molecule has 1 aromatic rings. The molecule has 0 bridgehead atoms. The largest absolute Gasteiger partial charge is 0.367 e. The molecule has 0 amide bonds. The van der Waals surface area contributed by atoms with Gasteiger partial charge in [0.15, 0.2) is 5.78 Å². The SMILES string of the molecule is CC1(C)CC1C(=O)c1cc[nH]c1. The molecule has 1 saturated carbocycles. The summed E-state index contributed by atoms with van der Waals surface area (Å²) in [6.45, 7) is 4.28. The fraction of sp³-hybridized carbons (Fsp3) is 0.500. The van der Waals surface area contributed by atoms with E-state index < -0.39 is 0 Å². The van der Waals surface area contributed by atoms with Gasteiger partial charge in [0.25, 0.3) is 0 Å². The lowest BCUT2D eigenvalue weighted by atomic mass is 10.0. The Hall–Kier alpha value is -1.05. The second-order valence-corrected chi connectivity index (χ2v) is 4.21. The van der Waals surface area contributed by atoms with Gasteiger partial charge in [0, 0.05) is 23.9 Å². The monoisotopic (exact) mass is 163 g/mol. The van der Waals surface area contributed by atoms with Crippen molar-refractivity contribution in [3.63, 3.8) is 0 Å². The van der Waals surface area contributed by atoms with Gasteiger partial charge < -0.3 is 4.98 Å². The maximum Gasteiger partial charge on any atom is 0.168 e. The van der Waals surface area contributed by atoms with Crippen LogP contribution >= 0.6 is 0 Å². The fourth-order valence-electron chi connectivity index (χ4n) is 1.59. The molecule has 1 aliphatic rings. The highest BCUT2D eigenvalue weighted by atomic mass is 16.1. The van der Waals surface area contributed by atoms with Crippen LogP contribution in [0.15, 0.2) is 18.5 Å². The molecule has 2 rings (SSSR count). The predicted molar refractivity (Wildman–Crippen MR) is 47.0 cm³/mol. The zero-order chi connectivity index (χ0) is 8.77. The summed E-state index contributed by atoms with van der Waals surface area (Å²) in [6.07, 6.45) is 4.61. The Bertz CT molecular complexity index is 298. The van der Waals surface area contributed by atoms with Crippen LogP contribution in [0.4, 0.5) is 0 Å². The van der Waals surface area contributed by atoms with Crippen LogP contribution in [0, 0.1) is 11.3 Å². The number of hydrogen-bond acceptors (Lipinski definition) is 1. The molecule has 12 heavy (non-hydrogen) atoms. The number of aromatic nitrogens is 1. The Morgan fingerprint density at radius 1 is 1.67 bits per heavy atom. The molecule has 1 fully saturated rings. The number of carbonyl (C=O) groups is 1. The van der Waals surface area contributed by atoms with E-state index in [0.717, 1.165) is 12.0 Å². The molecule has 1 aromatic heterocycles. The summed E-state index contributed by atoms with van der Waals surface area (Å²) in [6, 6.07) is 1.84. The number of aromatic amines is 1. The Labute approximate surface area is 72.0 Å².